The zero-order chi connectivity index (χ0) is 9.14. The lowest BCUT2D eigenvalue weighted by Gasteiger charge is -2.10. The highest BCUT2D eigenvalue weighted by molar-refractivity contribution is 5.67. The van der Waals surface area contributed by atoms with Gasteiger partial charge in [0, 0.05) is 0 Å². The number of aryl methyl sites for hydroxylation is 1. The van der Waals surface area contributed by atoms with Crippen LogP contribution in [0, 0.1) is 6.92 Å². The molecule has 0 radical (unpaired) electrons. The van der Waals surface area contributed by atoms with Crippen molar-refractivity contribution < 1.29 is 10.4 Å². The van der Waals surface area contributed by atoms with Gasteiger partial charge in [-0.2, -0.15) is 0 Å². The summed E-state index contributed by atoms with van der Waals surface area (Å²) in [6, 6.07) is 5.08. The van der Waals surface area contributed by atoms with Crippen LogP contribution in [0.3, 0.4) is 0 Å². The van der Waals surface area contributed by atoms with Gasteiger partial charge >= 0.3 is 0 Å². The Morgan fingerprint density at radius 1 is 1.42 bits per heavy atom. The van der Waals surface area contributed by atoms with Gasteiger partial charge in [-0.05, 0) is 31.3 Å². The van der Waals surface area contributed by atoms with Gasteiger partial charge in [0.25, 0.3) is 0 Å². The van der Waals surface area contributed by atoms with Crippen LogP contribution in [0.4, 0.5) is 11.4 Å². The first kappa shape index (κ1) is 8.70. The predicted octanol–water partition coefficient (Wildman–Crippen LogP) is 1.91. The van der Waals surface area contributed by atoms with E-state index in [4.69, 9.17) is 10.4 Å². The molecule has 0 aliphatic heterocycles. The zero-order valence-corrected chi connectivity index (χ0v) is 6.73. The molecule has 0 bridgehead atoms. The minimum atomic E-state index is 0.0387. The molecule has 0 amide bonds. The molecule has 0 heterocycles. The maximum Gasteiger partial charge on any atom is 0.120 e. The molecule has 1 aromatic carbocycles. The number of hydrogen-bond acceptors (Lipinski definition) is 4. The molecule has 0 aliphatic rings. The van der Waals surface area contributed by atoms with Gasteiger partial charge in [0.1, 0.15) is 5.69 Å². The van der Waals surface area contributed by atoms with Crippen LogP contribution >= 0.6 is 0 Å². The maximum absolute atomic E-state index is 8.76. The van der Waals surface area contributed by atoms with Gasteiger partial charge in [0.05, 0.1) is 5.69 Å². The zero-order valence-electron chi connectivity index (χ0n) is 6.73. The van der Waals surface area contributed by atoms with Crippen molar-refractivity contribution in [3.63, 3.8) is 0 Å². The van der Waals surface area contributed by atoms with Crippen molar-refractivity contribution in [2.24, 2.45) is 4.99 Å². The van der Waals surface area contributed by atoms with E-state index in [9.17, 15) is 0 Å². The van der Waals surface area contributed by atoms with Gasteiger partial charge in [-0.3, -0.25) is 15.4 Å². The third kappa shape index (κ3) is 1.61. The molecule has 0 aliphatic carbocycles. The summed E-state index contributed by atoms with van der Waals surface area (Å²) in [5.74, 6) is 0. The number of aliphatic imine (C=N–C) groups is 1. The molecule has 2 N–H and O–H groups in total. The van der Waals surface area contributed by atoms with Gasteiger partial charge in [0.2, 0.25) is 0 Å². The van der Waals surface area contributed by atoms with Gasteiger partial charge in [-0.15, -0.1) is 5.23 Å². The van der Waals surface area contributed by atoms with Crippen LogP contribution in [0.25, 0.3) is 0 Å². The first-order chi connectivity index (χ1) is 5.65. The Kier molecular flexibility index (Phi) is 2.42. The van der Waals surface area contributed by atoms with E-state index >= 15 is 0 Å². The lowest BCUT2D eigenvalue weighted by atomic mass is 10.2. The quantitative estimate of drug-likeness (QED) is 0.521. The highest BCUT2D eigenvalue weighted by Crippen LogP contribution is 2.27. The number of nitrogens with zero attached hydrogens (tertiary/aromatic N) is 2. The van der Waals surface area contributed by atoms with Crippen LogP contribution < -0.4 is 5.23 Å². The van der Waals surface area contributed by atoms with Crippen molar-refractivity contribution in [1.82, 2.24) is 0 Å². The van der Waals surface area contributed by atoms with E-state index in [1.165, 1.54) is 0 Å². The molecule has 0 saturated heterocycles. The second-order valence-corrected chi connectivity index (χ2v) is 2.44. The fourth-order valence-corrected chi connectivity index (χ4v) is 0.927. The van der Waals surface area contributed by atoms with Gasteiger partial charge in [-0.1, -0.05) is 6.07 Å². The fraction of sp³-hybridized carbons (Fsp3) is 0.125. The van der Waals surface area contributed by atoms with Gasteiger partial charge < -0.3 is 0 Å². The molecule has 0 unspecified atom stereocenters. The van der Waals surface area contributed by atoms with Crippen molar-refractivity contribution in [3.05, 3.63) is 23.8 Å². The summed E-state index contributed by atoms with van der Waals surface area (Å²) < 4.78 is 0. The summed E-state index contributed by atoms with van der Waals surface area (Å²) in [6.45, 7) is 5.15. The maximum atomic E-state index is 8.76. The van der Waals surface area contributed by atoms with Crippen molar-refractivity contribution in [3.8, 4) is 0 Å². The molecule has 0 aromatic heterocycles. The molecule has 0 saturated carbocycles. The smallest absolute Gasteiger partial charge is 0.120 e. The molecule has 1 rings (SSSR count). The van der Waals surface area contributed by atoms with Crippen LogP contribution in [-0.2, 0) is 0 Å². The minimum Gasteiger partial charge on any atom is -0.264 e. The summed E-state index contributed by atoms with van der Waals surface area (Å²) in [5, 5.41) is 17.6. The van der Waals surface area contributed by atoms with E-state index < -0.39 is 0 Å². The monoisotopic (exact) mass is 166 g/mol. The first-order valence-corrected chi connectivity index (χ1v) is 3.40. The summed E-state index contributed by atoms with van der Waals surface area (Å²) in [5.41, 5.74) is 1.58. The molecular formula is C8H10N2O2. The SMILES string of the molecule is C=Nc1ccc(C)cc1N(O)O. The van der Waals surface area contributed by atoms with Crippen LogP contribution in [0.5, 0.6) is 0 Å². The van der Waals surface area contributed by atoms with E-state index in [2.05, 4.69) is 11.7 Å². The minimum absolute atomic E-state index is 0.0387. The average molecular weight is 166 g/mol. The predicted molar refractivity (Wildman–Crippen MR) is 46.4 cm³/mol. The fourth-order valence-electron chi connectivity index (χ4n) is 0.927. The summed E-state index contributed by atoms with van der Waals surface area (Å²) >= 11 is 0. The number of hydrogen-bond donors (Lipinski definition) is 2. The number of benzene rings is 1. The van der Waals surface area contributed by atoms with Crippen LogP contribution in [-0.4, -0.2) is 17.1 Å². The van der Waals surface area contributed by atoms with E-state index in [1.807, 2.05) is 13.0 Å². The molecule has 12 heavy (non-hydrogen) atoms. The van der Waals surface area contributed by atoms with Crippen molar-refractivity contribution in [1.29, 1.82) is 0 Å². The summed E-state index contributed by atoms with van der Waals surface area (Å²) in [4.78, 5) is 3.62. The van der Waals surface area contributed by atoms with Crippen LogP contribution in [0.15, 0.2) is 23.2 Å². The highest BCUT2D eigenvalue weighted by Gasteiger charge is 2.05. The lowest BCUT2D eigenvalue weighted by molar-refractivity contribution is 0.0295. The van der Waals surface area contributed by atoms with E-state index in [-0.39, 0.29) is 10.9 Å². The Bertz CT molecular complexity index is 297. The van der Waals surface area contributed by atoms with E-state index in [0.29, 0.717) is 5.69 Å². The standard InChI is InChI=1S/C8H10N2O2/c1-6-3-4-7(9-2)8(5-6)10(11)12/h3-5,11-12H,2H2,1H3. The summed E-state index contributed by atoms with van der Waals surface area (Å²) in [6.07, 6.45) is 0. The molecule has 0 atom stereocenters. The molecule has 4 heteroatoms. The Morgan fingerprint density at radius 2 is 2.08 bits per heavy atom. The number of rotatable bonds is 2. The van der Waals surface area contributed by atoms with Crippen molar-refractivity contribution in [2.45, 2.75) is 6.92 Å². The van der Waals surface area contributed by atoms with Crippen LogP contribution in [0.2, 0.25) is 0 Å². The van der Waals surface area contributed by atoms with Gasteiger partial charge in [-0.25, -0.2) is 0 Å². The van der Waals surface area contributed by atoms with E-state index in [0.717, 1.165) is 5.56 Å². The highest BCUT2D eigenvalue weighted by atomic mass is 16.8. The Balaban J connectivity index is 3.21. The summed E-state index contributed by atoms with van der Waals surface area (Å²) in [7, 11) is 0. The van der Waals surface area contributed by atoms with Gasteiger partial charge in [0.15, 0.2) is 0 Å². The number of anilines is 1. The van der Waals surface area contributed by atoms with Crippen LogP contribution in [0.1, 0.15) is 5.56 Å². The van der Waals surface area contributed by atoms with Crippen molar-refractivity contribution >= 4 is 18.1 Å². The Labute approximate surface area is 70.3 Å². The molecule has 4 nitrogen and oxygen atoms in total. The third-order valence-corrected chi connectivity index (χ3v) is 1.52. The van der Waals surface area contributed by atoms with E-state index in [1.54, 1.807) is 12.1 Å². The Hall–Kier alpha value is -1.39. The second-order valence-electron chi connectivity index (χ2n) is 2.44. The van der Waals surface area contributed by atoms with Crippen molar-refractivity contribution in [2.75, 3.05) is 5.23 Å². The normalized spacial score (nSPS) is 9.58. The Morgan fingerprint density at radius 3 is 2.58 bits per heavy atom. The first-order valence-electron chi connectivity index (χ1n) is 3.40. The molecule has 1 aromatic rings. The molecule has 0 spiro atoms. The lowest BCUT2D eigenvalue weighted by Crippen LogP contribution is -2.11. The largest absolute Gasteiger partial charge is 0.264 e. The molecule has 0 fully saturated rings. The molecule has 64 valence electrons. The topological polar surface area (TPSA) is 56.1 Å². The average Bonchev–Trinajstić information content (AvgIpc) is 2.04. The molecular weight excluding hydrogens is 156 g/mol. The second kappa shape index (κ2) is 3.34. The third-order valence-electron chi connectivity index (χ3n) is 1.52.